The third kappa shape index (κ3) is 4.15. The van der Waals surface area contributed by atoms with E-state index in [4.69, 9.17) is 14.5 Å². The van der Waals surface area contributed by atoms with Gasteiger partial charge in [-0.2, -0.15) is 0 Å². The molecule has 2 aromatic rings. The number of rotatable bonds is 5. The molecule has 0 bridgehead atoms. The number of piperidine rings is 1. The maximum absolute atomic E-state index is 12.8. The number of hydrogen-bond acceptors (Lipinski definition) is 5. The highest BCUT2D eigenvalue weighted by atomic mass is 32.2. The summed E-state index contributed by atoms with van der Waals surface area (Å²) >= 11 is 1.52. The molecule has 0 unspecified atom stereocenters. The van der Waals surface area contributed by atoms with E-state index in [1.807, 2.05) is 19.1 Å². The Kier molecular flexibility index (Phi) is 6.15. The van der Waals surface area contributed by atoms with Crippen LogP contribution >= 0.6 is 11.8 Å². The third-order valence-electron chi connectivity index (χ3n) is 5.28. The van der Waals surface area contributed by atoms with Crippen molar-refractivity contribution >= 4 is 28.6 Å². The molecule has 5 nitrogen and oxygen atoms in total. The van der Waals surface area contributed by atoms with Crippen LogP contribution in [-0.2, 0) is 4.79 Å². The van der Waals surface area contributed by atoms with Gasteiger partial charge in [0.05, 0.1) is 25.5 Å². The zero-order valence-corrected chi connectivity index (χ0v) is 17.6. The minimum Gasteiger partial charge on any atom is -0.493 e. The molecule has 0 spiro atoms. The number of thioether (sulfide) groups is 1. The first-order valence-corrected chi connectivity index (χ1v) is 10.4. The molecule has 1 amide bonds. The highest BCUT2D eigenvalue weighted by Crippen LogP contribution is 2.34. The molecule has 1 aromatic carbocycles. The smallest absolute Gasteiger partial charge is 0.233 e. The van der Waals surface area contributed by atoms with E-state index in [1.165, 1.54) is 18.2 Å². The third-order valence-corrected chi connectivity index (χ3v) is 6.36. The molecule has 2 heterocycles. The van der Waals surface area contributed by atoms with E-state index < -0.39 is 0 Å². The molecule has 1 saturated heterocycles. The molecule has 1 fully saturated rings. The second-order valence-electron chi connectivity index (χ2n) is 7.23. The first-order valence-electron chi connectivity index (χ1n) is 9.42. The van der Waals surface area contributed by atoms with Gasteiger partial charge in [-0.05, 0) is 57.7 Å². The van der Waals surface area contributed by atoms with Crippen molar-refractivity contribution in [2.75, 3.05) is 20.0 Å². The van der Waals surface area contributed by atoms with Crippen LogP contribution in [0.15, 0.2) is 23.2 Å². The largest absolute Gasteiger partial charge is 0.493 e. The predicted octanol–water partition coefficient (Wildman–Crippen LogP) is 4.44. The van der Waals surface area contributed by atoms with Gasteiger partial charge in [-0.15, -0.1) is 0 Å². The number of carbonyl (C=O) groups is 1. The highest BCUT2D eigenvalue weighted by Gasteiger charge is 2.28. The van der Waals surface area contributed by atoms with Crippen LogP contribution in [-0.4, -0.2) is 47.8 Å². The van der Waals surface area contributed by atoms with Crippen LogP contribution in [0.1, 0.15) is 38.7 Å². The lowest BCUT2D eigenvalue weighted by Gasteiger charge is -2.39. The average Bonchev–Trinajstić information content (AvgIpc) is 2.65. The number of aryl methyl sites for hydroxylation is 1. The first-order chi connectivity index (χ1) is 12.9. The van der Waals surface area contributed by atoms with Gasteiger partial charge in [0.25, 0.3) is 0 Å². The molecule has 3 rings (SSSR count). The van der Waals surface area contributed by atoms with Crippen molar-refractivity contribution in [3.63, 3.8) is 0 Å². The molecule has 146 valence electrons. The number of carbonyl (C=O) groups excluding carboxylic acids is 1. The van der Waals surface area contributed by atoms with E-state index in [0.29, 0.717) is 29.3 Å². The Balaban J connectivity index is 1.80. The minimum absolute atomic E-state index is 0.202. The lowest BCUT2D eigenvalue weighted by atomic mass is 9.98. The average molecular weight is 389 g/mol. The SMILES string of the molecule is COc1cc2cc(C)c(SCC(=O)N3[C@H](C)CCC[C@@H]3C)nc2cc1OC. The quantitative estimate of drug-likeness (QED) is 0.709. The normalized spacial score (nSPS) is 20.0. The van der Waals surface area contributed by atoms with Crippen molar-refractivity contribution in [3.05, 3.63) is 23.8 Å². The van der Waals surface area contributed by atoms with Crippen molar-refractivity contribution < 1.29 is 14.3 Å². The van der Waals surface area contributed by atoms with Crippen LogP contribution in [0.5, 0.6) is 11.5 Å². The van der Waals surface area contributed by atoms with E-state index in [0.717, 1.165) is 34.3 Å². The molecular weight excluding hydrogens is 360 g/mol. The van der Waals surface area contributed by atoms with E-state index in [2.05, 4.69) is 24.8 Å². The van der Waals surface area contributed by atoms with Gasteiger partial charge < -0.3 is 14.4 Å². The summed E-state index contributed by atoms with van der Waals surface area (Å²) < 4.78 is 10.8. The fourth-order valence-corrected chi connectivity index (χ4v) is 4.71. The Morgan fingerprint density at radius 1 is 1.15 bits per heavy atom. The molecule has 2 atom stereocenters. The summed E-state index contributed by atoms with van der Waals surface area (Å²) in [6.45, 7) is 6.33. The fourth-order valence-electron chi connectivity index (χ4n) is 3.85. The standard InChI is InChI=1S/C21H28N2O3S/c1-13-9-16-10-18(25-4)19(26-5)11-17(16)22-21(13)27-12-20(24)23-14(2)7-6-8-15(23)3/h9-11,14-15H,6-8,12H2,1-5H3/t14-,15+. The second kappa shape index (κ2) is 8.38. The van der Waals surface area contributed by atoms with E-state index in [9.17, 15) is 4.79 Å². The number of benzene rings is 1. The van der Waals surface area contributed by atoms with Crippen molar-refractivity contribution in [2.24, 2.45) is 0 Å². The second-order valence-corrected chi connectivity index (χ2v) is 8.19. The number of pyridine rings is 1. The molecule has 0 N–H and O–H groups in total. The lowest BCUT2D eigenvalue weighted by Crippen LogP contribution is -2.48. The molecule has 1 aliphatic heterocycles. The van der Waals surface area contributed by atoms with Gasteiger partial charge in [-0.1, -0.05) is 11.8 Å². The van der Waals surface area contributed by atoms with Crippen molar-refractivity contribution in [3.8, 4) is 11.5 Å². The molecule has 0 radical (unpaired) electrons. The van der Waals surface area contributed by atoms with Crippen molar-refractivity contribution in [1.82, 2.24) is 9.88 Å². The highest BCUT2D eigenvalue weighted by molar-refractivity contribution is 7.99. The van der Waals surface area contributed by atoms with Crippen LogP contribution in [0.4, 0.5) is 0 Å². The van der Waals surface area contributed by atoms with Gasteiger partial charge in [-0.3, -0.25) is 4.79 Å². The number of fused-ring (bicyclic) bond motifs is 1. The summed E-state index contributed by atoms with van der Waals surface area (Å²) in [5.41, 5.74) is 1.90. The summed E-state index contributed by atoms with van der Waals surface area (Å²) in [6.07, 6.45) is 3.39. The van der Waals surface area contributed by atoms with Crippen LogP contribution in [0, 0.1) is 6.92 Å². The maximum Gasteiger partial charge on any atom is 0.233 e. The van der Waals surface area contributed by atoms with Gasteiger partial charge in [0.1, 0.15) is 5.03 Å². The first kappa shape index (κ1) is 19.8. The van der Waals surface area contributed by atoms with E-state index in [1.54, 1.807) is 14.2 Å². The Labute approximate surface area is 165 Å². The van der Waals surface area contributed by atoms with Gasteiger partial charge in [-0.25, -0.2) is 4.98 Å². The van der Waals surface area contributed by atoms with E-state index >= 15 is 0 Å². The number of likely N-dealkylation sites (tertiary alicyclic amines) is 1. The summed E-state index contributed by atoms with van der Waals surface area (Å²) in [7, 11) is 3.25. The van der Waals surface area contributed by atoms with Crippen molar-refractivity contribution in [1.29, 1.82) is 0 Å². The number of methoxy groups -OCH3 is 2. The molecule has 1 aliphatic rings. The van der Waals surface area contributed by atoms with Crippen LogP contribution in [0.2, 0.25) is 0 Å². The Hall–Kier alpha value is -1.95. The van der Waals surface area contributed by atoms with Crippen LogP contribution in [0.3, 0.4) is 0 Å². The summed E-state index contributed by atoms with van der Waals surface area (Å²) in [5, 5.41) is 1.89. The van der Waals surface area contributed by atoms with Crippen molar-refractivity contribution in [2.45, 2.75) is 57.1 Å². The zero-order valence-electron chi connectivity index (χ0n) is 16.7. The predicted molar refractivity (Wildman–Crippen MR) is 110 cm³/mol. The fraction of sp³-hybridized carbons (Fsp3) is 0.524. The van der Waals surface area contributed by atoms with Gasteiger partial charge >= 0.3 is 0 Å². The molecule has 1 aromatic heterocycles. The van der Waals surface area contributed by atoms with Gasteiger partial charge in [0.15, 0.2) is 11.5 Å². The number of ether oxygens (including phenoxy) is 2. The number of nitrogens with zero attached hydrogens (tertiary/aromatic N) is 2. The lowest BCUT2D eigenvalue weighted by molar-refractivity contribution is -0.134. The number of amides is 1. The van der Waals surface area contributed by atoms with E-state index in [-0.39, 0.29) is 5.91 Å². The number of hydrogen-bond donors (Lipinski definition) is 0. The monoisotopic (exact) mass is 388 g/mol. The topological polar surface area (TPSA) is 51.7 Å². The Bertz CT molecular complexity index is 830. The minimum atomic E-state index is 0.202. The molecule has 0 saturated carbocycles. The summed E-state index contributed by atoms with van der Waals surface area (Å²) in [4.78, 5) is 19.6. The molecule has 0 aliphatic carbocycles. The zero-order chi connectivity index (χ0) is 19.6. The Morgan fingerprint density at radius 2 is 1.78 bits per heavy atom. The molecule has 27 heavy (non-hydrogen) atoms. The Morgan fingerprint density at radius 3 is 2.41 bits per heavy atom. The summed E-state index contributed by atoms with van der Waals surface area (Å²) in [5.74, 6) is 1.97. The maximum atomic E-state index is 12.8. The van der Waals surface area contributed by atoms with Crippen LogP contribution < -0.4 is 9.47 Å². The van der Waals surface area contributed by atoms with Gasteiger partial charge in [0, 0.05) is 23.5 Å². The van der Waals surface area contributed by atoms with Gasteiger partial charge in [0.2, 0.25) is 5.91 Å². The number of aromatic nitrogens is 1. The molecule has 6 heteroatoms. The summed E-state index contributed by atoms with van der Waals surface area (Å²) in [6, 6.07) is 6.55. The molecular formula is C21H28N2O3S. The van der Waals surface area contributed by atoms with Crippen LogP contribution in [0.25, 0.3) is 10.9 Å².